The smallest absolute Gasteiger partial charge is 0.269 e. The average Bonchev–Trinajstić information content (AvgIpc) is 2.89. The van der Waals surface area contributed by atoms with Gasteiger partial charge < -0.3 is 10.6 Å². The van der Waals surface area contributed by atoms with Gasteiger partial charge in [0.2, 0.25) is 0 Å². The number of aromatic nitrogens is 1. The van der Waals surface area contributed by atoms with E-state index in [0.717, 1.165) is 25.1 Å². The number of pyridine rings is 1. The van der Waals surface area contributed by atoms with Gasteiger partial charge in [-0.2, -0.15) is 0 Å². The molecular weight excluding hydrogens is 214 g/mol. The van der Waals surface area contributed by atoms with E-state index in [4.69, 9.17) is 0 Å². The van der Waals surface area contributed by atoms with Gasteiger partial charge in [0.25, 0.3) is 5.91 Å². The van der Waals surface area contributed by atoms with Gasteiger partial charge in [0.1, 0.15) is 5.69 Å². The number of nitrogens with one attached hydrogen (secondary N) is 2. The number of carbonyl (C=O) groups excluding carboxylic acids is 1. The molecule has 1 aromatic rings. The maximum absolute atomic E-state index is 11.3. The van der Waals surface area contributed by atoms with Crippen LogP contribution in [0.5, 0.6) is 0 Å². The normalized spacial score (nSPS) is 18.3. The van der Waals surface area contributed by atoms with Crippen molar-refractivity contribution in [2.24, 2.45) is 5.92 Å². The minimum absolute atomic E-state index is 0.176. The first-order chi connectivity index (χ1) is 8.29. The topological polar surface area (TPSA) is 54.0 Å². The van der Waals surface area contributed by atoms with Crippen molar-refractivity contribution in [2.75, 3.05) is 20.1 Å². The molecule has 0 aliphatic carbocycles. The zero-order chi connectivity index (χ0) is 12.1. The second-order valence-corrected chi connectivity index (χ2v) is 3.97. The van der Waals surface area contributed by atoms with Crippen LogP contribution in [-0.2, 0) is 0 Å². The van der Waals surface area contributed by atoms with Gasteiger partial charge in [0, 0.05) is 31.3 Å². The monoisotopic (exact) mass is 229 g/mol. The summed E-state index contributed by atoms with van der Waals surface area (Å²) >= 11 is 0. The van der Waals surface area contributed by atoms with Crippen LogP contribution in [0.15, 0.2) is 18.3 Å². The highest BCUT2D eigenvalue weighted by atomic mass is 16.1. The Morgan fingerprint density at radius 2 is 2.47 bits per heavy atom. The third-order valence-corrected chi connectivity index (χ3v) is 2.70. The molecule has 4 nitrogen and oxygen atoms in total. The van der Waals surface area contributed by atoms with E-state index in [2.05, 4.69) is 27.5 Å². The largest absolute Gasteiger partial charge is 0.354 e. The Morgan fingerprint density at radius 3 is 3.06 bits per heavy atom. The van der Waals surface area contributed by atoms with Crippen LogP contribution in [0.4, 0.5) is 0 Å². The summed E-state index contributed by atoms with van der Waals surface area (Å²) in [5.74, 6) is 6.56. The fourth-order valence-electron chi connectivity index (χ4n) is 1.69. The third kappa shape index (κ3) is 3.05. The molecule has 1 aliphatic heterocycles. The molecular formula is C13H15N3O. The summed E-state index contributed by atoms with van der Waals surface area (Å²) in [5.41, 5.74) is 1.27. The van der Waals surface area contributed by atoms with Crippen molar-refractivity contribution in [3.05, 3.63) is 29.6 Å². The van der Waals surface area contributed by atoms with Crippen molar-refractivity contribution in [1.29, 1.82) is 0 Å². The van der Waals surface area contributed by atoms with Crippen molar-refractivity contribution in [3.8, 4) is 11.8 Å². The van der Waals surface area contributed by atoms with Crippen LogP contribution in [0.2, 0.25) is 0 Å². The van der Waals surface area contributed by atoms with Crippen molar-refractivity contribution in [1.82, 2.24) is 15.6 Å². The maximum atomic E-state index is 11.3. The van der Waals surface area contributed by atoms with Crippen molar-refractivity contribution in [3.63, 3.8) is 0 Å². The number of hydrogen-bond donors (Lipinski definition) is 2. The van der Waals surface area contributed by atoms with Crippen LogP contribution in [-0.4, -0.2) is 31.0 Å². The van der Waals surface area contributed by atoms with E-state index in [1.807, 2.05) is 6.07 Å². The number of carbonyl (C=O) groups is 1. The minimum atomic E-state index is -0.176. The van der Waals surface area contributed by atoms with E-state index >= 15 is 0 Å². The maximum Gasteiger partial charge on any atom is 0.269 e. The molecule has 17 heavy (non-hydrogen) atoms. The van der Waals surface area contributed by atoms with Crippen LogP contribution in [0.3, 0.4) is 0 Å². The standard InChI is InChI=1S/C13H15N3O/c1-14-13(17)12-5-4-10(9-16-12)2-3-11-6-7-15-8-11/h4-5,9,11,15H,6-8H2,1H3,(H,14,17). The SMILES string of the molecule is CNC(=O)c1ccc(C#CC2CCNC2)cn1. The lowest BCUT2D eigenvalue weighted by Crippen LogP contribution is -2.18. The van der Waals surface area contributed by atoms with Crippen molar-refractivity contribution >= 4 is 5.91 Å². The Hall–Kier alpha value is -1.86. The molecule has 88 valence electrons. The lowest BCUT2D eigenvalue weighted by Gasteiger charge is -1.98. The second kappa shape index (κ2) is 5.46. The highest BCUT2D eigenvalue weighted by molar-refractivity contribution is 5.91. The zero-order valence-electron chi connectivity index (χ0n) is 9.79. The summed E-state index contributed by atoms with van der Waals surface area (Å²) in [6.07, 6.45) is 2.75. The second-order valence-electron chi connectivity index (χ2n) is 3.97. The summed E-state index contributed by atoms with van der Waals surface area (Å²) in [5, 5.41) is 5.80. The van der Waals surface area contributed by atoms with Crippen LogP contribution in [0.1, 0.15) is 22.5 Å². The van der Waals surface area contributed by atoms with Crippen LogP contribution >= 0.6 is 0 Å². The third-order valence-electron chi connectivity index (χ3n) is 2.70. The first-order valence-electron chi connectivity index (χ1n) is 5.70. The Balaban J connectivity index is 2.04. The molecule has 0 aromatic carbocycles. The summed E-state index contributed by atoms with van der Waals surface area (Å²) in [6, 6.07) is 3.52. The highest BCUT2D eigenvalue weighted by Gasteiger charge is 2.10. The first kappa shape index (κ1) is 11.6. The van der Waals surface area contributed by atoms with Gasteiger partial charge in [-0.25, -0.2) is 4.98 Å². The van der Waals surface area contributed by atoms with Gasteiger partial charge in [0.15, 0.2) is 0 Å². The molecule has 2 heterocycles. The molecule has 2 N–H and O–H groups in total. The number of amides is 1. The number of nitrogens with zero attached hydrogens (tertiary/aromatic N) is 1. The lowest BCUT2D eigenvalue weighted by atomic mass is 10.1. The number of rotatable bonds is 1. The van der Waals surface area contributed by atoms with E-state index < -0.39 is 0 Å². The van der Waals surface area contributed by atoms with E-state index in [1.165, 1.54) is 0 Å². The fraction of sp³-hybridized carbons (Fsp3) is 0.385. The van der Waals surface area contributed by atoms with Gasteiger partial charge in [-0.15, -0.1) is 0 Å². The van der Waals surface area contributed by atoms with E-state index in [9.17, 15) is 4.79 Å². The van der Waals surface area contributed by atoms with E-state index in [1.54, 1.807) is 19.3 Å². The molecule has 2 rings (SSSR count). The summed E-state index contributed by atoms with van der Waals surface area (Å²) in [7, 11) is 1.59. The predicted octanol–water partition coefficient (Wildman–Crippen LogP) is 0.402. The average molecular weight is 229 g/mol. The predicted molar refractivity (Wildman–Crippen MR) is 65.5 cm³/mol. The van der Waals surface area contributed by atoms with Crippen LogP contribution in [0, 0.1) is 17.8 Å². The van der Waals surface area contributed by atoms with Crippen molar-refractivity contribution in [2.45, 2.75) is 6.42 Å². The van der Waals surface area contributed by atoms with E-state index in [0.29, 0.717) is 11.6 Å². The molecule has 1 unspecified atom stereocenters. The number of hydrogen-bond acceptors (Lipinski definition) is 3. The summed E-state index contributed by atoms with van der Waals surface area (Å²) < 4.78 is 0. The Morgan fingerprint density at radius 1 is 1.59 bits per heavy atom. The Bertz CT molecular complexity index is 450. The quantitative estimate of drug-likeness (QED) is 0.685. The Kier molecular flexibility index (Phi) is 3.73. The summed E-state index contributed by atoms with van der Waals surface area (Å²) in [4.78, 5) is 15.3. The molecule has 0 saturated carbocycles. The Labute approximate surface area is 101 Å². The van der Waals surface area contributed by atoms with Crippen molar-refractivity contribution < 1.29 is 4.79 Å². The van der Waals surface area contributed by atoms with E-state index in [-0.39, 0.29) is 5.91 Å². The molecule has 1 aromatic heterocycles. The van der Waals surface area contributed by atoms with Gasteiger partial charge in [-0.05, 0) is 25.1 Å². The molecule has 1 amide bonds. The molecule has 4 heteroatoms. The fourth-order valence-corrected chi connectivity index (χ4v) is 1.69. The lowest BCUT2D eigenvalue weighted by molar-refractivity contribution is 0.0958. The first-order valence-corrected chi connectivity index (χ1v) is 5.70. The zero-order valence-corrected chi connectivity index (χ0v) is 9.79. The van der Waals surface area contributed by atoms with Gasteiger partial charge in [-0.3, -0.25) is 4.79 Å². The van der Waals surface area contributed by atoms with Gasteiger partial charge in [-0.1, -0.05) is 11.8 Å². The molecule has 1 saturated heterocycles. The summed E-state index contributed by atoms with van der Waals surface area (Å²) in [6.45, 7) is 2.02. The van der Waals surface area contributed by atoms with Crippen LogP contribution in [0.25, 0.3) is 0 Å². The molecule has 1 atom stereocenters. The molecule has 0 radical (unpaired) electrons. The van der Waals surface area contributed by atoms with Gasteiger partial charge in [0.05, 0.1) is 0 Å². The molecule has 0 bridgehead atoms. The molecule has 0 spiro atoms. The molecule has 1 fully saturated rings. The van der Waals surface area contributed by atoms with Crippen LogP contribution < -0.4 is 10.6 Å². The highest BCUT2D eigenvalue weighted by Crippen LogP contribution is 2.06. The minimum Gasteiger partial charge on any atom is -0.354 e. The molecule has 1 aliphatic rings. The van der Waals surface area contributed by atoms with Gasteiger partial charge >= 0.3 is 0 Å².